The third-order valence-electron chi connectivity index (χ3n) is 3.54. The molecule has 0 unspecified atom stereocenters. The Hall–Kier alpha value is -3.35. The van der Waals surface area contributed by atoms with Crippen LogP contribution < -0.4 is 20.7 Å². The van der Waals surface area contributed by atoms with Crippen LogP contribution in [0.4, 0.5) is 20.6 Å². The van der Waals surface area contributed by atoms with E-state index in [1.807, 2.05) is 0 Å². The normalized spacial score (nSPS) is 10.6. The van der Waals surface area contributed by atoms with E-state index in [1.54, 1.807) is 44.2 Å². The monoisotopic (exact) mass is 371 g/mol. The second-order valence-corrected chi connectivity index (χ2v) is 6.22. The molecule has 0 saturated carbocycles. The molecule has 6 nitrogen and oxygen atoms in total. The highest BCUT2D eigenvalue weighted by Gasteiger charge is 2.30. The SMILES string of the molecule is C=CCNC(=O)Nc1ccc(NC(=O)C(C)(C)Oc2ccc(F)cc2)cc1. The molecule has 27 heavy (non-hydrogen) atoms. The fourth-order valence-corrected chi connectivity index (χ4v) is 2.10. The smallest absolute Gasteiger partial charge is 0.319 e. The van der Waals surface area contributed by atoms with Gasteiger partial charge in [0.15, 0.2) is 5.60 Å². The van der Waals surface area contributed by atoms with E-state index in [4.69, 9.17) is 4.74 Å². The van der Waals surface area contributed by atoms with Crippen molar-refractivity contribution >= 4 is 23.3 Å². The van der Waals surface area contributed by atoms with Crippen molar-refractivity contribution in [3.8, 4) is 5.75 Å². The van der Waals surface area contributed by atoms with Gasteiger partial charge in [0.05, 0.1) is 0 Å². The molecule has 0 saturated heterocycles. The Labute approximate surface area is 157 Å². The number of carbonyl (C=O) groups is 2. The van der Waals surface area contributed by atoms with Crippen LogP contribution >= 0.6 is 0 Å². The number of hydrogen-bond acceptors (Lipinski definition) is 3. The molecule has 0 heterocycles. The molecule has 0 aromatic heterocycles. The van der Waals surface area contributed by atoms with Gasteiger partial charge in [-0.3, -0.25) is 4.79 Å². The zero-order chi connectivity index (χ0) is 19.9. The molecule has 0 atom stereocenters. The lowest BCUT2D eigenvalue weighted by molar-refractivity contribution is -0.128. The minimum atomic E-state index is -1.17. The summed E-state index contributed by atoms with van der Waals surface area (Å²) < 4.78 is 18.6. The maximum absolute atomic E-state index is 13.0. The van der Waals surface area contributed by atoms with Crippen molar-refractivity contribution in [2.75, 3.05) is 17.2 Å². The largest absolute Gasteiger partial charge is 0.478 e. The van der Waals surface area contributed by atoms with Gasteiger partial charge in [0.1, 0.15) is 11.6 Å². The fraction of sp³-hybridized carbons (Fsp3) is 0.200. The number of anilines is 2. The summed E-state index contributed by atoms with van der Waals surface area (Å²) in [7, 11) is 0. The highest BCUT2D eigenvalue weighted by Crippen LogP contribution is 2.21. The van der Waals surface area contributed by atoms with Gasteiger partial charge in [-0.1, -0.05) is 6.08 Å². The Morgan fingerprint density at radius 1 is 1.04 bits per heavy atom. The van der Waals surface area contributed by atoms with Gasteiger partial charge in [0.25, 0.3) is 5.91 Å². The molecule has 0 aliphatic carbocycles. The van der Waals surface area contributed by atoms with Crippen LogP contribution in [0, 0.1) is 5.82 Å². The summed E-state index contributed by atoms with van der Waals surface area (Å²) in [6, 6.07) is 11.8. The molecule has 0 radical (unpaired) electrons. The molecule has 0 fully saturated rings. The van der Waals surface area contributed by atoms with Crippen LogP contribution in [0.2, 0.25) is 0 Å². The van der Waals surface area contributed by atoms with Crippen molar-refractivity contribution in [1.29, 1.82) is 0 Å². The van der Waals surface area contributed by atoms with E-state index in [1.165, 1.54) is 24.3 Å². The van der Waals surface area contributed by atoms with Crippen LogP contribution in [0.3, 0.4) is 0 Å². The standard InChI is InChI=1S/C20H22FN3O3/c1-4-13-22-19(26)24-16-9-7-15(8-10-16)23-18(25)20(2,3)27-17-11-5-14(21)6-12-17/h4-12H,1,13H2,2-3H3,(H,23,25)(H2,22,24,26). The highest BCUT2D eigenvalue weighted by molar-refractivity contribution is 5.97. The Morgan fingerprint density at radius 3 is 2.15 bits per heavy atom. The summed E-state index contributed by atoms with van der Waals surface area (Å²) >= 11 is 0. The van der Waals surface area contributed by atoms with Gasteiger partial charge in [0.2, 0.25) is 0 Å². The summed E-state index contributed by atoms with van der Waals surface area (Å²) in [6.07, 6.45) is 1.58. The number of nitrogens with one attached hydrogen (secondary N) is 3. The number of urea groups is 1. The quantitative estimate of drug-likeness (QED) is 0.645. The van der Waals surface area contributed by atoms with E-state index in [-0.39, 0.29) is 17.8 Å². The highest BCUT2D eigenvalue weighted by atomic mass is 19.1. The van der Waals surface area contributed by atoms with Gasteiger partial charge < -0.3 is 20.7 Å². The maximum Gasteiger partial charge on any atom is 0.319 e. The second-order valence-electron chi connectivity index (χ2n) is 6.22. The number of amides is 3. The molecule has 2 aromatic carbocycles. The van der Waals surface area contributed by atoms with Crippen molar-refractivity contribution in [2.24, 2.45) is 0 Å². The van der Waals surface area contributed by atoms with Crippen LogP contribution in [-0.2, 0) is 4.79 Å². The van der Waals surface area contributed by atoms with Gasteiger partial charge in [-0.2, -0.15) is 0 Å². The zero-order valence-electron chi connectivity index (χ0n) is 15.2. The number of ether oxygens (including phenoxy) is 1. The number of carbonyl (C=O) groups excluding carboxylic acids is 2. The van der Waals surface area contributed by atoms with Crippen LogP contribution in [0.1, 0.15) is 13.8 Å². The lowest BCUT2D eigenvalue weighted by Gasteiger charge is -2.25. The van der Waals surface area contributed by atoms with Crippen molar-refractivity contribution < 1.29 is 18.7 Å². The van der Waals surface area contributed by atoms with E-state index in [2.05, 4.69) is 22.5 Å². The molecule has 0 spiro atoms. The molecule has 2 rings (SSSR count). The van der Waals surface area contributed by atoms with E-state index in [0.29, 0.717) is 23.7 Å². The van der Waals surface area contributed by atoms with Crippen LogP contribution in [-0.4, -0.2) is 24.1 Å². The first kappa shape index (κ1) is 20.0. The van der Waals surface area contributed by atoms with Crippen molar-refractivity contribution in [1.82, 2.24) is 5.32 Å². The van der Waals surface area contributed by atoms with Gasteiger partial charge in [-0.05, 0) is 62.4 Å². The number of rotatable bonds is 7. The minimum absolute atomic E-state index is 0.347. The first-order valence-electron chi connectivity index (χ1n) is 8.32. The molecule has 2 aromatic rings. The van der Waals surface area contributed by atoms with E-state index in [9.17, 15) is 14.0 Å². The second kappa shape index (κ2) is 8.84. The molecule has 3 amide bonds. The van der Waals surface area contributed by atoms with Gasteiger partial charge in [-0.15, -0.1) is 6.58 Å². The Balaban J connectivity index is 1.94. The average molecular weight is 371 g/mol. The van der Waals surface area contributed by atoms with Gasteiger partial charge >= 0.3 is 6.03 Å². The van der Waals surface area contributed by atoms with Crippen molar-refractivity contribution in [2.45, 2.75) is 19.4 Å². The summed E-state index contributed by atoms with van der Waals surface area (Å²) in [6.45, 7) is 7.12. The summed E-state index contributed by atoms with van der Waals surface area (Å²) in [4.78, 5) is 24.1. The molecular weight excluding hydrogens is 349 g/mol. The third kappa shape index (κ3) is 6.14. The minimum Gasteiger partial charge on any atom is -0.478 e. The van der Waals surface area contributed by atoms with E-state index in [0.717, 1.165) is 0 Å². The number of halogens is 1. The first-order chi connectivity index (χ1) is 12.8. The third-order valence-corrected chi connectivity index (χ3v) is 3.54. The Morgan fingerprint density at radius 2 is 1.59 bits per heavy atom. The molecule has 0 bridgehead atoms. The lowest BCUT2D eigenvalue weighted by atomic mass is 10.1. The fourth-order valence-electron chi connectivity index (χ4n) is 2.10. The summed E-state index contributed by atoms with van der Waals surface area (Å²) in [5.41, 5.74) is -0.0384. The predicted octanol–water partition coefficient (Wildman–Crippen LogP) is 3.93. The van der Waals surface area contributed by atoms with Crippen LogP contribution in [0.15, 0.2) is 61.2 Å². The topological polar surface area (TPSA) is 79.5 Å². The average Bonchev–Trinajstić information content (AvgIpc) is 2.63. The number of hydrogen-bond donors (Lipinski definition) is 3. The van der Waals surface area contributed by atoms with E-state index >= 15 is 0 Å². The molecule has 142 valence electrons. The molecule has 0 aliphatic heterocycles. The van der Waals surface area contributed by atoms with Gasteiger partial charge in [-0.25, -0.2) is 9.18 Å². The van der Waals surface area contributed by atoms with E-state index < -0.39 is 5.60 Å². The first-order valence-corrected chi connectivity index (χ1v) is 8.32. The summed E-state index contributed by atoms with van der Waals surface area (Å²) in [5.74, 6) is -0.352. The maximum atomic E-state index is 13.0. The molecule has 7 heteroatoms. The summed E-state index contributed by atoms with van der Waals surface area (Å²) in [5, 5.41) is 8.00. The van der Waals surface area contributed by atoms with Crippen LogP contribution in [0.25, 0.3) is 0 Å². The molecular formula is C20H22FN3O3. The van der Waals surface area contributed by atoms with Gasteiger partial charge in [0, 0.05) is 17.9 Å². The van der Waals surface area contributed by atoms with Crippen molar-refractivity contribution in [3.63, 3.8) is 0 Å². The molecule has 0 aliphatic rings. The van der Waals surface area contributed by atoms with Crippen molar-refractivity contribution in [3.05, 3.63) is 67.0 Å². The van der Waals surface area contributed by atoms with Crippen LogP contribution in [0.5, 0.6) is 5.75 Å². The number of benzene rings is 2. The Kier molecular flexibility index (Phi) is 6.54. The lowest BCUT2D eigenvalue weighted by Crippen LogP contribution is -2.42. The molecule has 3 N–H and O–H groups in total. The Bertz CT molecular complexity index is 802. The predicted molar refractivity (Wildman–Crippen MR) is 103 cm³/mol. The zero-order valence-corrected chi connectivity index (χ0v) is 15.2.